The minimum absolute atomic E-state index is 0.00729. The van der Waals surface area contributed by atoms with E-state index in [4.69, 9.17) is 0 Å². The van der Waals surface area contributed by atoms with Crippen LogP contribution in [0, 0.1) is 13.8 Å². The molecular formula is C17H23BrN4O. The normalized spacial score (nSPS) is 12.0. The lowest BCUT2D eigenvalue weighted by atomic mass is 10.2. The third-order valence-corrected chi connectivity index (χ3v) is 4.13. The number of nitrogens with one attached hydrogen (secondary N) is 1. The fourth-order valence-electron chi connectivity index (χ4n) is 2.42. The first-order valence-electron chi connectivity index (χ1n) is 7.62. The van der Waals surface area contributed by atoms with Crippen molar-refractivity contribution in [3.05, 3.63) is 51.8 Å². The van der Waals surface area contributed by atoms with Crippen molar-refractivity contribution in [3.63, 3.8) is 0 Å². The largest absolute Gasteiger partial charge is 0.334 e. The van der Waals surface area contributed by atoms with Crippen molar-refractivity contribution in [2.45, 2.75) is 39.9 Å². The van der Waals surface area contributed by atoms with Crippen molar-refractivity contribution in [2.24, 2.45) is 0 Å². The molecule has 23 heavy (non-hydrogen) atoms. The van der Waals surface area contributed by atoms with E-state index < -0.39 is 0 Å². The van der Waals surface area contributed by atoms with E-state index in [1.54, 1.807) is 11.9 Å². The van der Waals surface area contributed by atoms with Gasteiger partial charge in [-0.2, -0.15) is 5.10 Å². The summed E-state index contributed by atoms with van der Waals surface area (Å²) in [6.45, 7) is 7.22. The number of nitrogens with zero attached hydrogens (tertiary/aromatic N) is 3. The standard InChI is InChI=1S/C17H23BrN4O/c1-12-9-14(3)22(20-12)10-13(2)19-17(23)21(4)11-15-5-7-16(18)8-6-15/h5-9,13H,10-11H2,1-4H3,(H,19,23). The molecule has 2 amide bonds. The molecule has 124 valence electrons. The molecule has 6 heteroatoms. The highest BCUT2D eigenvalue weighted by Crippen LogP contribution is 2.12. The number of hydrogen-bond acceptors (Lipinski definition) is 2. The van der Waals surface area contributed by atoms with Crippen molar-refractivity contribution in [2.75, 3.05) is 7.05 Å². The Morgan fingerprint density at radius 2 is 2.00 bits per heavy atom. The molecule has 0 saturated carbocycles. The van der Waals surface area contributed by atoms with Crippen molar-refractivity contribution < 1.29 is 4.79 Å². The third-order valence-electron chi connectivity index (χ3n) is 3.60. The Morgan fingerprint density at radius 1 is 1.35 bits per heavy atom. The van der Waals surface area contributed by atoms with Gasteiger partial charge in [-0.3, -0.25) is 4.68 Å². The van der Waals surface area contributed by atoms with E-state index in [1.165, 1.54) is 0 Å². The highest BCUT2D eigenvalue weighted by Gasteiger charge is 2.14. The molecule has 0 bridgehead atoms. The molecule has 2 rings (SSSR count). The van der Waals surface area contributed by atoms with E-state index in [0.717, 1.165) is 21.4 Å². The monoisotopic (exact) mass is 378 g/mol. The number of benzene rings is 1. The molecule has 0 saturated heterocycles. The van der Waals surface area contributed by atoms with Crippen LogP contribution in [0.25, 0.3) is 0 Å². The molecule has 1 atom stereocenters. The molecule has 0 radical (unpaired) electrons. The molecule has 1 N–H and O–H groups in total. The second-order valence-corrected chi connectivity index (χ2v) is 6.86. The number of carbonyl (C=O) groups is 1. The summed E-state index contributed by atoms with van der Waals surface area (Å²) in [5, 5.41) is 7.44. The quantitative estimate of drug-likeness (QED) is 0.865. The molecular weight excluding hydrogens is 356 g/mol. The number of urea groups is 1. The summed E-state index contributed by atoms with van der Waals surface area (Å²) in [4.78, 5) is 14.0. The molecule has 5 nitrogen and oxygen atoms in total. The summed E-state index contributed by atoms with van der Waals surface area (Å²) in [5.41, 5.74) is 3.19. The van der Waals surface area contributed by atoms with Gasteiger partial charge in [-0.05, 0) is 44.5 Å². The lowest BCUT2D eigenvalue weighted by Crippen LogP contribution is -2.43. The topological polar surface area (TPSA) is 50.2 Å². The van der Waals surface area contributed by atoms with Crippen LogP contribution in [0.2, 0.25) is 0 Å². The molecule has 1 aromatic carbocycles. The Kier molecular flexibility index (Phi) is 5.82. The predicted molar refractivity (Wildman–Crippen MR) is 95.3 cm³/mol. The first-order valence-corrected chi connectivity index (χ1v) is 8.41. The number of hydrogen-bond donors (Lipinski definition) is 1. The number of rotatable bonds is 5. The highest BCUT2D eigenvalue weighted by molar-refractivity contribution is 9.10. The van der Waals surface area contributed by atoms with E-state index >= 15 is 0 Å². The molecule has 1 heterocycles. The van der Waals surface area contributed by atoms with Gasteiger partial charge in [-0.15, -0.1) is 0 Å². The Bertz CT molecular complexity index is 666. The fourth-order valence-corrected chi connectivity index (χ4v) is 2.69. The molecule has 0 aliphatic carbocycles. The zero-order valence-corrected chi connectivity index (χ0v) is 15.6. The lowest BCUT2D eigenvalue weighted by Gasteiger charge is -2.22. The van der Waals surface area contributed by atoms with Gasteiger partial charge in [0.2, 0.25) is 0 Å². The maximum absolute atomic E-state index is 12.3. The second-order valence-electron chi connectivity index (χ2n) is 5.94. The van der Waals surface area contributed by atoms with E-state index in [0.29, 0.717) is 13.1 Å². The van der Waals surface area contributed by atoms with Crippen molar-refractivity contribution >= 4 is 22.0 Å². The molecule has 0 fully saturated rings. The molecule has 0 aliphatic heterocycles. The van der Waals surface area contributed by atoms with Crippen LogP contribution in [-0.2, 0) is 13.1 Å². The average Bonchev–Trinajstić information content (AvgIpc) is 2.79. The Hall–Kier alpha value is -1.82. The summed E-state index contributed by atoms with van der Waals surface area (Å²) in [7, 11) is 1.80. The van der Waals surface area contributed by atoms with Gasteiger partial charge in [0, 0.05) is 29.8 Å². The lowest BCUT2D eigenvalue weighted by molar-refractivity contribution is 0.202. The molecule has 0 aliphatic rings. The van der Waals surface area contributed by atoms with Gasteiger partial charge < -0.3 is 10.2 Å². The Labute approximate surface area is 145 Å². The zero-order valence-electron chi connectivity index (χ0n) is 14.0. The SMILES string of the molecule is Cc1cc(C)n(CC(C)NC(=O)N(C)Cc2ccc(Br)cc2)n1. The predicted octanol–water partition coefficient (Wildman–Crippen LogP) is 3.49. The fraction of sp³-hybridized carbons (Fsp3) is 0.412. The second kappa shape index (κ2) is 7.64. The van der Waals surface area contributed by atoms with Crippen LogP contribution in [0.3, 0.4) is 0 Å². The highest BCUT2D eigenvalue weighted by atomic mass is 79.9. The summed E-state index contributed by atoms with van der Waals surface area (Å²) in [6.07, 6.45) is 0. The summed E-state index contributed by atoms with van der Waals surface area (Å²) < 4.78 is 2.96. The van der Waals surface area contributed by atoms with Crippen LogP contribution in [0.15, 0.2) is 34.8 Å². The van der Waals surface area contributed by atoms with Gasteiger partial charge in [0.05, 0.1) is 12.2 Å². The van der Waals surface area contributed by atoms with E-state index in [1.807, 2.05) is 55.8 Å². The molecule has 1 unspecified atom stereocenters. The maximum Gasteiger partial charge on any atom is 0.317 e. The van der Waals surface area contributed by atoms with Crippen LogP contribution in [0.4, 0.5) is 4.79 Å². The van der Waals surface area contributed by atoms with E-state index in [9.17, 15) is 4.79 Å². The van der Waals surface area contributed by atoms with Crippen LogP contribution in [-0.4, -0.2) is 33.8 Å². The number of amides is 2. The first kappa shape index (κ1) is 17.5. The van der Waals surface area contributed by atoms with Gasteiger partial charge in [0.1, 0.15) is 0 Å². The van der Waals surface area contributed by atoms with Gasteiger partial charge in [0.15, 0.2) is 0 Å². The van der Waals surface area contributed by atoms with Gasteiger partial charge in [0.25, 0.3) is 0 Å². The number of halogens is 1. The van der Waals surface area contributed by atoms with E-state index in [2.05, 4.69) is 26.3 Å². The van der Waals surface area contributed by atoms with Crippen LogP contribution >= 0.6 is 15.9 Å². The third kappa shape index (κ3) is 5.10. The average molecular weight is 379 g/mol. The molecule has 2 aromatic rings. The summed E-state index contributed by atoms with van der Waals surface area (Å²) in [6, 6.07) is 9.93. The van der Waals surface area contributed by atoms with Crippen molar-refractivity contribution in [1.82, 2.24) is 20.0 Å². The number of carbonyl (C=O) groups excluding carboxylic acids is 1. The minimum Gasteiger partial charge on any atom is -0.334 e. The smallest absolute Gasteiger partial charge is 0.317 e. The van der Waals surface area contributed by atoms with Crippen molar-refractivity contribution in [3.8, 4) is 0 Å². The molecule has 0 spiro atoms. The Balaban J connectivity index is 1.87. The minimum atomic E-state index is -0.0815. The van der Waals surface area contributed by atoms with Crippen LogP contribution in [0.1, 0.15) is 23.9 Å². The maximum atomic E-state index is 12.3. The van der Waals surface area contributed by atoms with Crippen molar-refractivity contribution in [1.29, 1.82) is 0 Å². The van der Waals surface area contributed by atoms with Crippen LogP contribution in [0.5, 0.6) is 0 Å². The number of aryl methyl sites for hydroxylation is 2. The van der Waals surface area contributed by atoms with Gasteiger partial charge in [-0.1, -0.05) is 28.1 Å². The summed E-state index contributed by atoms with van der Waals surface area (Å²) in [5.74, 6) is 0. The van der Waals surface area contributed by atoms with Gasteiger partial charge >= 0.3 is 6.03 Å². The number of aromatic nitrogens is 2. The van der Waals surface area contributed by atoms with E-state index in [-0.39, 0.29) is 12.1 Å². The molecule has 1 aromatic heterocycles. The van der Waals surface area contributed by atoms with Crippen LogP contribution < -0.4 is 5.32 Å². The summed E-state index contributed by atoms with van der Waals surface area (Å²) >= 11 is 3.41. The Morgan fingerprint density at radius 3 is 2.57 bits per heavy atom. The zero-order chi connectivity index (χ0) is 17.0. The first-order chi connectivity index (χ1) is 10.8. The van der Waals surface area contributed by atoms with Gasteiger partial charge in [-0.25, -0.2) is 4.79 Å².